The second-order valence-electron chi connectivity index (χ2n) is 9.01. The van der Waals surface area contributed by atoms with Gasteiger partial charge in [0, 0.05) is 17.0 Å². The number of nitro benzene ring substituents is 1. The number of carbonyl (C=O) groups is 1. The van der Waals surface area contributed by atoms with Crippen molar-refractivity contribution in [2.75, 3.05) is 12.4 Å². The molecule has 1 aliphatic rings. The number of thioether (sulfide) groups is 1. The molecule has 1 amide bonds. The summed E-state index contributed by atoms with van der Waals surface area (Å²) in [5, 5.41) is 14.4. The summed E-state index contributed by atoms with van der Waals surface area (Å²) in [6.45, 7) is 1.71. The molecule has 1 aliphatic carbocycles. The van der Waals surface area contributed by atoms with Gasteiger partial charge in [-0.2, -0.15) is 0 Å². The van der Waals surface area contributed by atoms with Crippen LogP contribution in [0.5, 0.6) is 5.75 Å². The number of amides is 1. The van der Waals surface area contributed by atoms with Crippen molar-refractivity contribution in [3.8, 4) is 11.4 Å². The normalized spacial score (nSPS) is 13.9. The van der Waals surface area contributed by atoms with Crippen molar-refractivity contribution in [3.63, 3.8) is 0 Å². The van der Waals surface area contributed by atoms with E-state index in [1.807, 2.05) is 30.3 Å². The van der Waals surface area contributed by atoms with Crippen LogP contribution < -0.4 is 15.6 Å². The van der Waals surface area contributed by atoms with Crippen molar-refractivity contribution in [2.24, 2.45) is 0 Å². The molecule has 2 heterocycles. The molecule has 38 heavy (non-hydrogen) atoms. The summed E-state index contributed by atoms with van der Waals surface area (Å²) in [5.41, 5.74) is 1.70. The van der Waals surface area contributed by atoms with Gasteiger partial charge in [-0.3, -0.25) is 24.3 Å². The molecule has 0 fully saturated rings. The maximum atomic E-state index is 14.0. The Labute approximate surface area is 227 Å². The zero-order valence-corrected chi connectivity index (χ0v) is 22.6. The monoisotopic (exact) mass is 550 g/mol. The number of thiophene rings is 1. The highest BCUT2D eigenvalue weighted by Gasteiger charge is 2.25. The minimum atomic E-state index is -0.670. The molecule has 11 heteroatoms. The third-order valence-corrected chi connectivity index (χ3v) is 8.76. The van der Waals surface area contributed by atoms with Crippen LogP contribution in [-0.2, 0) is 17.6 Å². The molecule has 5 rings (SSSR count). The van der Waals surface area contributed by atoms with Gasteiger partial charge in [-0.15, -0.1) is 11.3 Å². The van der Waals surface area contributed by atoms with Crippen LogP contribution in [0.2, 0.25) is 0 Å². The van der Waals surface area contributed by atoms with Crippen LogP contribution in [0, 0.1) is 10.1 Å². The number of nitrogens with zero attached hydrogens (tertiary/aromatic N) is 3. The maximum absolute atomic E-state index is 14.0. The van der Waals surface area contributed by atoms with E-state index in [9.17, 15) is 19.7 Å². The van der Waals surface area contributed by atoms with Crippen molar-refractivity contribution >= 4 is 50.6 Å². The van der Waals surface area contributed by atoms with Crippen LogP contribution in [0.3, 0.4) is 0 Å². The number of carbonyl (C=O) groups excluding carboxylic acids is 1. The third kappa shape index (κ3) is 5.03. The number of fused-ring (bicyclic) bond motifs is 3. The van der Waals surface area contributed by atoms with E-state index in [0.29, 0.717) is 26.8 Å². The first-order valence-electron chi connectivity index (χ1n) is 12.3. The molecular weight excluding hydrogens is 524 g/mol. The second kappa shape index (κ2) is 11.0. The molecule has 2 aromatic heterocycles. The lowest BCUT2D eigenvalue weighted by Crippen LogP contribution is -2.26. The molecule has 0 unspecified atom stereocenters. The van der Waals surface area contributed by atoms with Gasteiger partial charge in [-0.25, -0.2) is 4.98 Å². The standard InChI is InChI=1S/C27H26N4O5S2/c1-16(24(32)28-20-15-18(31(34)35)13-14-21(20)36-2)37-27-29-25-23(19-11-7-4-8-12-22(19)38-25)26(33)30(27)17-9-5-3-6-10-17/h3,5-6,9-10,13-16H,4,7-8,11-12H2,1-2H3,(H,28,32)/t16-/m1/s1. The Balaban J connectivity index is 1.53. The summed E-state index contributed by atoms with van der Waals surface area (Å²) >= 11 is 2.74. The van der Waals surface area contributed by atoms with Gasteiger partial charge >= 0.3 is 0 Å². The molecule has 0 spiro atoms. The molecule has 0 radical (unpaired) electrons. The molecule has 1 atom stereocenters. The van der Waals surface area contributed by atoms with E-state index in [-0.39, 0.29) is 16.9 Å². The number of aryl methyl sites for hydroxylation is 2. The lowest BCUT2D eigenvalue weighted by Gasteiger charge is -2.17. The fraction of sp³-hybridized carbons (Fsp3) is 0.296. The SMILES string of the molecule is COc1ccc([N+](=O)[O-])cc1NC(=O)[C@@H](C)Sc1nc2sc3c(c2c(=O)n1-c1ccccc1)CCCCC3. The second-order valence-corrected chi connectivity index (χ2v) is 11.4. The van der Waals surface area contributed by atoms with E-state index >= 15 is 0 Å². The molecule has 1 N–H and O–H groups in total. The van der Waals surface area contributed by atoms with Gasteiger partial charge in [0.2, 0.25) is 5.91 Å². The molecule has 0 saturated carbocycles. The summed E-state index contributed by atoms with van der Waals surface area (Å²) in [6, 6.07) is 13.3. The summed E-state index contributed by atoms with van der Waals surface area (Å²) in [6.07, 6.45) is 5.13. The Morgan fingerprint density at radius 2 is 1.95 bits per heavy atom. The quantitative estimate of drug-likeness (QED) is 0.102. The lowest BCUT2D eigenvalue weighted by atomic mass is 10.1. The number of nitro groups is 1. The number of methoxy groups -OCH3 is 1. The van der Waals surface area contributed by atoms with E-state index in [4.69, 9.17) is 9.72 Å². The average Bonchev–Trinajstić information content (AvgIpc) is 3.10. The van der Waals surface area contributed by atoms with Crippen molar-refractivity contribution in [3.05, 3.63) is 79.4 Å². The van der Waals surface area contributed by atoms with Crippen molar-refractivity contribution < 1.29 is 14.5 Å². The van der Waals surface area contributed by atoms with Gasteiger partial charge in [0.15, 0.2) is 5.16 Å². The molecule has 196 valence electrons. The number of anilines is 1. The number of aromatic nitrogens is 2. The highest BCUT2D eigenvalue weighted by molar-refractivity contribution is 8.00. The van der Waals surface area contributed by atoms with Gasteiger partial charge in [0.25, 0.3) is 11.2 Å². The van der Waals surface area contributed by atoms with Gasteiger partial charge in [0.05, 0.1) is 34.0 Å². The first kappa shape index (κ1) is 25.9. The number of para-hydroxylation sites is 1. The summed E-state index contributed by atoms with van der Waals surface area (Å²) in [4.78, 5) is 44.7. The number of hydrogen-bond acceptors (Lipinski definition) is 8. The maximum Gasteiger partial charge on any atom is 0.271 e. The Morgan fingerprint density at radius 3 is 2.68 bits per heavy atom. The Kier molecular flexibility index (Phi) is 7.48. The van der Waals surface area contributed by atoms with E-state index in [1.165, 1.54) is 41.9 Å². The van der Waals surface area contributed by atoms with Crippen LogP contribution >= 0.6 is 23.1 Å². The van der Waals surface area contributed by atoms with Gasteiger partial charge in [-0.05, 0) is 56.4 Å². The van der Waals surface area contributed by atoms with E-state index < -0.39 is 16.1 Å². The summed E-state index contributed by atoms with van der Waals surface area (Å²) in [7, 11) is 1.43. The minimum absolute atomic E-state index is 0.129. The smallest absolute Gasteiger partial charge is 0.271 e. The van der Waals surface area contributed by atoms with Crippen LogP contribution in [0.1, 0.15) is 36.6 Å². The van der Waals surface area contributed by atoms with Gasteiger partial charge in [-0.1, -0.05) is 36.4 Å². The molecule has 9 nitrogen and oxygen atoms in total. The Bertz CT molecular complexity index is 1580. The van der Waals surface area contributed by atoms with E-state index in [0.717, 1.165) is 37.7 Å². The zero-order chi connectivity index (χ0) is 26.8. The minimum Gasteiger partial charge on any atom is -0.495 e. The number of ether oxygens (including phenoxy) is 1. The number of rotatable bonds is 7. The summed E-state index contributed by atoms with van der Waals surface area (Å²) in [5.74, 6) is -0.0910. The Morgan fingerprint density at radius 1 is 1.18 bits per heavy atom. The fourth-order valence-electron chi connectivity index (χ4n) is 4.60. The van der Waals surface area contributed by atoms with Gasteiger partial charge < -0.3 is 10.1 Å². The topological polar surface area (TPSA) is 116 Å². The van der Waals surface area contributed by atoms with Crippen molar-refractivity contribution in [1.82, 2.24) is 9.55 Å². The first-order chi connectivity index (χ1) is 18.4. The third-order valence-electron chi connectivity index (χ3n) is 6.53. The molecule has 2 aromatic carbocycles. The first-order valence-corrected chi connectivity index (χ1v) is 14.0. The average molecular weight is 551 g/mol. The van der Waals surface area contributed by atoms with Crippen LogP contribution in [-0.4, -0.2) is 32.7 Å². The largest absolute Gasteiger partial charge is 0.495 e. The number of nitrogens with one attached hydrogen (secondary N) is 1. The fourth-order valence-corrected chi connectivity index (χ4v) is 6.83. The van der Waals surface area contributed by atoms with E-state index in [1.54, 1.807) is 22.8 Å². The van der Waals surface area contributed by atoms with Crippen molar-refractivity contribution in [1.29, 1.82) is 0 Å². The predicted octanol–water partition coefficient (Wildman–Crippen LogP) is 5.75. The number of benzene rings is 2. The van der Waals surface area contributed by atoms with Crippen LogP contribution in [0.4, 0.5) is 11.4 Å². The number of hydrogen-bond donors (Lipinski definition) is 1. The van der Waals surface area contributed by atoms with Gasteiger partial charge in [0.1, 0.15) is 10.6 Å². The molecule has 0 aliphatic heterocycles. The zero-order valence-electron chi connectivity index (χ0n) is 20.9. The highest BCUT2D eigenvalue weighted by atomic mass is 32.2. The number of non-ortho nitro benzene ring substituents is 1. The molecule has 0 saturated heterocycles. The summed E-state index contributed by atoms with van der Waals surface area (Å²) < 4.78 is 6.85. The van der Waals surface area contributed by atoms with E-state index in [2.05, 4.69) is 5.32 Å². The molecule has 4 aromatic rings. The predicted molar refractivity (Wildman–Crippen MR) is 150 cm³/mol. The highest BCUT2D eigenvalue weighted by Crippen LogP contribution is 2.36. The lowest BCUT2D eigenvalue weighted by molar-refractivity contribution is -0.384. The molecular formula is C27H26N4O5S2. The van der Waals surface area contributed by atoms with Crippen LogP contribution in [0.25, 0.3) is 15.9 Å². The van der Waals surface area contributed by atoms with Crippen molar-refractivity contribution in [2.45, 2.75) is 49.4 Å². The Hall–Kier alpha value is -3.70. The van der Waals surface area contributed by atoms with Crippen LogP contribution in [0.15, 0.2) is 58.5 Å². The molecule has 0 bridgehead atoms.